The predicted octanol–water partition coefficient (Wildman–Crippen LogP) is 2.73. The molecule has 0 amide bonds. The molecular formula is C21H32N2O4. The predicted molar refractivity (Wildman–Crippen MR) is 105 cm³/mol. The molecule has 2 saturated heterocycles. The molecule has 6 nitrogen and oxygen atoms in total. The van der Waals surface area contributed by atoms with E-state index in [1.165, 1.54) is 19.4 Å². The molecule has 0 radical (unpaired) electrons. The number of likely N-dealkylation sites (tertiary alicyclic amines) is 2. The van der Waals surface area contributed by atoms with E-state index in [4.69, 9.17) is 9.47 Å². The van der Waals surface area contributed by atoms with Crippen molar-refractivity contribution < 1.29 is 19.4 Å². The minimum Gasteiger partial charge on any atom is -0.493 e. The van der Waals surface area contributed by atoms with Gasteiger partial charge >= 0.3 is 5.97 Å². The molecule has 0 spiro atoms. The summed E-state index contributed by atoms with van der Waals surface area (Å²) in [4.78, 5) is 17.0. The van der Waals surface area contributed by atoms with Crippen molar-refractivity contribution in [1.29, 1.82) is 0 Å². The second kappa shape index (κ2) is 8.93. The Hall–Kier alpha value is -1.79. The smallest absolute Gasteiger partial charge is 0.348 e. The van der Waals surface area contributed by atoms with Crippen LogP contribution in [0.3, 0.4) is 0 Å². The molecule has 6 heteroatoms. The zero-order valence-corrected chi connectivity index (χ0v) is 16.5. The van der Waals surface area contributed by atoms with E-state index in [2.05, 4.69) is 16.7 Å². The monoisotopic (exact) mass is 376 g/mol. The van der Waals surface area contributed by atoms with Crippen LogP contribution in [0, 0.1) is 5.92 Å². The standard InChI is InChI=1S/C21H32N2O4/c1-3-22-12-6-7-17(15-22)16-23-13-10-21(11-14-23,20(24)25)27-19-9-5-4-8-18(19)26-2/h4-5,8-9,17H,3,6-7,10-16H2,1-2H3,(H,24,25)/t17-/m1/s1. The largest absolute Gasteiger partial charge is 0.493 e. The first-order valence-corrected chi connectivity index (χ1v) is 10.1. The Bertz CT molecular complexity index is 628. The van der Waals surface area contributed by atoms with Crippen LogP contribution in [0.5, 0.6) is 11.5 Å². The second-order valence-corrected chi connectivity index (χ2v) is 7.75. The molecule has 2 heterocycles. The number of ether oxygens (including phenoxy) is 2. The number of aliphatic carboxylic acids is 1. The highest BCUT2D eigenvalue weighted by Crippen LogP contribution is 2.35. The first-order valence-electron chi connectivity index (χ1n) is 10.1. The molecule has 0 saturated carbocycles. The first kappa shape index (κ1) is 20.0. The molecule has 2 aliphatic heterocycles. The third-order valence-electron chi connectivity index (χ3n) is 5.99. The van der Waals surface area contributed by atoms with Crippen molar-refractivity contribution in [1.82, 2.24) is 9.80 Å². The van der Waals surface area contributed by atoms with Gasteiger partial charge in [-0.25, -0.2) is 4.79 Å². The number of nitrogens with zero attached hydrogens (tertiary/aromatic N) is 2. The molecule has 0 aliphatic carbocycles. The zero-order chi connectivity index (χ0) is 19.3. The fourth-order valence-electron chi connectivity index (χ4n) is 4.32. The summed E-state index contributed by atoms with van der Waals surface area (Å²) in [5, 5.41) is 9.90. The highest BCUT2D eigenvalue weighted by atomic mass is 16.5. The van der Waals surface area contributed by atoms with Gasteiger partial charge in [0.15, 0.2) is 11.5 Å². The van der Waals surface area contributed by atoms with E-state index in [-0.39, 0.29) is 0 Å². The van der Waals surface area contributed by atoms with E-state index in [1.54, 1.807) is 19.2 Å². The van der Waals surface area contributed by atoms with Gasteiger partial charge in [-0.3, -0.25) is 0 Å². The average molecular weight is 376 g/mol. The van der Waals surface area contributed by atoms with Crippen LogP contribution >= 0.6 is 0 Å². The minimum atomic E-state index is -1.17. The first-order chi connectivity index (χ1) is 13.1. The highest BCUT2D eigenvalue weighted by Gasteiger charge is 2.44. The van der Waals surface area contributed by atoms with Crippen LogP contribution in [-0.2, 0) is 4.79 Å². The maximum atomic E-state index is 12.1. The molecule has 2 fully saturated rings. The number of carboxylic acids is 1. The van der Waals surface area contributed by atoms with E-state index < -0.39 is 11.6 Å². The van der Waals surface area contributed by atoms with E-state index in [0.717, 1.165) is 32.7 Å². The molecule has 0 unspecified atom stereocenters. The summed E-state index contributed by atoms with van der Waals surface area (Å²) in [5.41, 5.74) is -1.17. The lowest BCUT2D eigenvalue weighted by Crippen LogP contribution is -2.54. The summed E-state index contributed by atoms with van der Waals surface area (Å²) >= 11 is 0. The van der Waals surface area contributed by atoms with Crippen LogP contribution in [-0.4, -0.2) is 72.9 Å². The normalized spacial score (nSPS) is 23.7. The van der Waals surface area contributed by atoms with Crippen molar-refractivity contribution in [3.05, 3.63) is 24.3 Å². The number of hydrogen-bond acceptors (Lipinski definition) is 5. The molecule has 27 heavy (non-hydrogen) atoms. The third-order valence-corrected chi connectivity index (χ3v) is 5.99. The summed E-state index contributed by atoms with van der Waals surface area (Å²) in [6.07, 6.45) is 3.52. The molecule has 1 N–H and O–H groups in total. The van der Waals surface area contributed by atoms with E-state index in [1.807, 2.05) is 12.1 Å². The van der Waals surface area contributed by atoms with Gasteiger partial charge in [0.1, 0.15) is 0 Å². The van der Waals surface area contributed by atoms with Crippen molar-refractivity contribution in [3.63, 3.8) is 0 Å². The van der Waals surface area contributed by atoms with Crippen LogP contribution in [0.1, 0.15) is 32.6 Å². The Labute approximate surface area is 162 Å². The quantitative estimate of drug-likeness (QED) is 0.790. The van der Waals surface area contributed by atoms with Gasteiger partial charge in [0.25, 0.3) is 0 Å². The average Bonchev–Trinajstić information content (AvgIpc) is 2.70. The number of carbonyl (C=O) groups is 1. The molecular weight excluding hydrogens is 344 g/mol. The number of hydrogen-bond donors (Lipinski definition) is 1. The maximum absolute atomic E-state index is 12.1. The Morgan fingerprint density at radius 1 is 1.19 bits per heavy atom. The Morgan fingerprint density at radius 2 is 1.89 bits per heavy atom. The topological polar surface area (TPSA) is 62.2 Å². The second-order valence-electron chi connectivity index (χ2n) is 7.75. The molecule has 3 rings (SSSR count). The number of benzene rings is 1. The van der Waals surface area contributed by atoms with Crippen LogP contribution < -0.4 is 9.47 Å². The number of methoxy groups -OCH3 is 1. The van der Waals surface area contributed by atoms with E-state index >= 15 is 0 Å². The maximum Gasteiger partial charge on any atom is 0.348 e. The van der Waals surface area contributed by atoms with Crippen molar-refractivity contribution in [3.8, 4) is 11.5 Å². The zero-order valence-electron chi connectivity index (χ0n) is 16.5. The van der Waals surface area contributed by atoms with Gasteiger partial charge in [-0.1, -0.05) is 19.1 Å². The van der Waals surface area contributed by atoms with E-state index in [9.17, 15) is 9.90 Å². The minimum absolute atomic E-state index is 0.491. The Kier molecular flexibility index (Phi) is 6.60. The summed E-state index contributed by atoms with van der Waals surface area (Å²) in [5.74, 6) is 0.873. The van der Waals surface area contributed by atoms with Gasteiger partial charge in [-0.05, 0) is 44.0 Å². The molecule has 2 aliphatic rings. The number of carboxylic acid groups (broad SMARTS) is 1. The highest BCUT2D eigenvalue weighted by molar-refractivity contribution is 5.78. The molecule has 1 aromatic rings. The van der Waals surface area contributed by atoms with Crippen molar-refractivity contribution in [2.45, 2.75) is 38.2 Å². The van der Waals surface area contributed by atoms with Crippen molar-refractivity contribution >= 4 is 5.97 Å². The molecule has 0 aromatic heterocycles. The number of rotatable bonds is 7. The fraction of sp³-hybridized carbons (Fsp3) is 0.667. The lowest BCUT2D eigenvalue weighted by molar-refractivity contribution is -0.160. The number of para-hydroxylation sites is 2. The van der Waals surface area contributed by atoms with Gasteiger partial charge in [0, 0.05) is 39.0 Å². The molecule has 1 aromatic carbocycles. The summed E-state index contributed by atoms with van der Waals surface area (Å²) in [6, 6.07) is 7.26. The lowest BCUT2D eigenvalue weighted by atomic mass is 9.89. The third kappa shape index (κ3) is 4.74. The molecule has 1 atom stereocenters. The number of piperidine rings is 2. The summed E-state index contributed by atoms with van der Waals surface area (Å²) in [6.45, 7) is 8.27. The summed E-state index contributed by atoms with van der Waals surface area (Å²) < 4.78 is 11.4. The van der Waals surface area contributed by atoms with E-state index in [0.29, 0.717) is 30.3 Å². The molecule has 150 valence electrons. The van der Waals surface area contributed by atoms with Crippen LogP contribution in [0.15, 0.2) is 24.3 Å². The lowest BCUT2D eigenvalue weighted by Gasteiger charge is -2.41. The molecule has 0 bridgehead atoms. The van der Waals surface area contributed by atoms with Gasteiger partial charge in [0.05, 0.1) is 7.11 Å². The Morgan fingerprint density at radius 3 is 2.52 bits per heavy atom. The van der Waals surface area contributed by atoms with Gasteiger partial charge < -0.3 is 24.4 Å². The van der Waals surface area contributed by atoms with Crippen molar-refractivity contribution in [2.75, 3.05) is 46.4 Å². The van der Waals surface area contributed by atoms with Crippen molar-refractivity contribution in [2.24, 2.45) is 5.92 Å². The van der Waals surface area contributed by atoms with Gasteiger partial charge in [-0.2, -0.15) is 0 Å². The summed E-state index contributed by atoms with van der Waals surface area (Å²) in [7, 11) is 1.57. The van der Waals surface area contributed by atoms with Crippen LogP contribution in [0.2, 0.25) is 0 Å². The SMILES string of the molecule is CCN1CCC[C@@H](CN2CCC(Oc3ccccc3OC)(C(=O)O)CC2)C1. The van der Waals surface area contributed by atoms with Gasteiger partial charge in [0.2, 0.25) is 5.60 Å². The van der Waals surface area contributed by atoms with Gasteiger partial charge in [-0.15, -0.1) is 0 Å². The fourth-order valence-corrected chi connectivity index (χ4v) is 4.32. The Balaban J connectivity index is 1.61. The van der Waals surface area contributed by atoms with Crippen LogP contribution in [0.25, 0.3) is 0 Å². The van der Waals surface area contributed by atoms with Crippen LogP contribution in [0.4, 0.5) is 0 Å².